The number of carbonyl (C=O) groups is 2. The van der Waals surface area contributed by atoms with Crippen molar-refractivity contribution in [1.29, 1.82) is 0 Å². The maximum atomic E-state index is 13.4. The lowest BCUT2D eigenvalue weighted by atomic mass is 9.93. The molecule has 0 radical (unpaired) electrons. The Morgan fingerprint density at radius 2 is 1.62 bits per heavy atom. The Bertz CT molecular complexity index is 1030. The van der Waals surface area contributed by atoms with E-state index in [1.165, 1.54) is 0 Å². The number of morpholine rings is 1. The highest BCUT2D eigenvalue weighted by atomic mass is 16.5. The molecule has 3 heterocycles. The van der Waals surface area contributed by atoms with Crippen LogP contribution in [0.2, 0.25) is 0 Å². The van der Waals surface area contributed by atoms with Gasteiger partial charge in [0.2, 0.25) is 5.91 Å². The number of hydrogen-bond donors (Lipinski definition) is 1. The molecule has 164 valence electrons. The first-order chi connectivity index (χ1) is 15.6. The van der Waals surface area contributed by atoms with E-state index in [1.54, 1.807) is 17.3 Å². The maximum Gasteiger partial charge on any atom is 0.254 e. The molecule has 1 aromatic carbocycles. The molecular weight excluding hydrogens is 404 g/mol. The Kier molecular flexibility index (Phi) is 6.87. The van der Waals surface area contributed by atoms with Crippen molar-refractivity contribution in [3.8, 4) is 0 Å². The molecular formula is C25H26N4O3. The third-order valence-corrected chi connectivity index (χ3v) is 5.50. The highest BCUT2D eigenvalue weighted by Crippen LogP contribution is 2.24. The Hall–Kier alpha value is -3.58. The van der Waals surface area contributed by atoms with Crippen molar-refractivity contribution in [1.82, 2.24) is 20.2 Å². The fourth-order valence-electron chi connectivity index (χ4n) is 3.83. The summed E-state index contributed by atoms with van der Waals surface area (Å²) in [4.78, 5) is 36.7. The van der Waals surface area contributed by atoms with E-state index in [-0.39, 0.29) is 37.8 Å². The lowest BCUT2D eigenvalue weighted by Gasteiger charge is -2.41. The van der Waals surface area contributed by atoms with E-state index < -0.39 is 5.60 Å². The molecule has 32 heavy (non-hydrogen) atoms. The number of ether oxygens (including phenoxy) is 1. The van der Waals surface area contributed by atoms with Gasteiger partial charge < -0.3 is 15.0 Å². The summed E-state index contributed by atoms with van der Waals surface area (Å²) < 4.78 is 6.09. The van der Waals surface area contributed by atoms with Gasteiger partial charge in [0.25, 0.3) is 5.91 Å². The molecule has 2 aromatic heterocycles. The molecule has 7 nitrogen and oxygen atoms in total. The molecule has 1 fully saturated rings. The number of rotatable bonds is 7. The Morgan fingerprint density at radius 1 is 0.938 bits per heavy atom. The van der Waals surface area contributed by atoms with Crippen molar-refractivity contribution in [3.05, 3.63) is 96.1 Å². The number of amides is 2. The lowest BCUT2D eigenvalue weighted by Crippen LogP contribution is -2.62. The average Bonchev–Trinajstić information content (AvgIpc) is 2.84. The van der Waals surface area contributed by atoms with Gasteiger partial charge in [-0.05, 0) is 29.8 Å². The molecule has 1 saturated heterocycles. The van der Waals surface area contributed by atoms with Crippen molar-refractivity contribution >= 4 is 11.8 Å². The molecule has 1 unspecified atom stereocenters. The Morgan fingerprint density at radius 3 is 2.31 bits per heavy atom. The molecule has 1 N–H and O–H groups in total. The summed E-state index contributed by atoms with van der Waals surface area (Å²) in [5.74, 6) is -0.324. The SMILES string of the molecule is O=C(Cc1ccccn1)N1CCOC(Cc2ccccn2)(C(=O)NCc2ccccc2)C1. The zero-order valence-electron chi connectivity index (χ0n) is 17.8. The minimum absolute atomic E-state index is 0.0757. The highest BCUT2D eigenvalue weighted by molar-refractivity contribution is 5.87. The molecule has 1 atom stereocenters. The Labute approximate surface area is 187 Å². The van der Waals surface area contributed by atoms with Crippen LogP contribution in [0.15, 0.2) is 79.1 Å². The second-order valence-corrected chi connectivity index (χ2v) is 7.82. The zero-order valence-corrected chi connectivity index (χ0v) is 17.8. The van der Waals surface area contributed by atoms with Gasteiger partial charge in [-0.15, -0.1) is 0 Å². The number of hydrogen-bond acceptors (Lipinski definition) is 5. The zero-order chi connectivity index (χ0) is 22.2. The average molecular weight is 431 g/mol. The van der Waals surface area contributed by atoms with Crippen molar-refractivity contribution in [2.75, 3.05) is 19.7 Å². The number of pyridine rings is 2. The van der Waals surface area contributed by atoms with Crippen molar-refractivity contribution in [2.45, 2.75) is 25.0 Å². The maximum absolute atomic E-state index is 13.4. The van der Waals surface area contributed by atoms with Crippen LogP contribution in [0, 0.1) is 0 Å². The molecule has 0 saturated carbocycles. The van der Waals surface area contributed by atoms with Crippen LogP contribution in [0.5, 0.6) is 0 Å². The first-order valence-corrected chi connectivity index (χ1v) is 10.7. The van der Waals surface area contributed by atoms with E-state index in [9.17, 15) is 9.59 Å². The Balaban J connectivity index is 1.52. The molecule has 1 aliphatic rings. The molecule has 2 amide bonds. The summed E-state index contributed by atoms with van der Waals surface area (Å²) in [6, 6.07) is 20.8. The van der Waals surface area contributed by atoms with Gasteiger partial charge in [-0.3, -0.25) is 19.6 Å². The third kappa shape index (κ3) is 5.36. The van der Waals surface area contributed by atoms with Crippen LogP contribution in [0.25, 0.3) is 0 Å². The predicted molar refractivity (Wildman–Crippen MR) is 119 cm³/mol. The molecule has 0 spiro atoms. The minimum Gasteiger partial charge on any atom is -0.361 e. The summed E-state index contributed by atoms with van der Waals surface area (Å²) in [7, 11) is 0. The molecule has 1 aliphatic heterocycles. The summed E-state index contributed by atoms with van der Waals surface area (Å²) in [5.41, 5.74) is 1.23. The van der Waals surface area contributed by atoms with E-state index in [4.69, 9.17) is 4.74 Å². The quantitative estimate of drug-likeness (QED) is 0.621. The van der Waals surface area contributed by atoms with Crippen LogP contribution in [-0.2, 0) is 33.7 Å². The van der Waals surface area contributed by atoms with Gasteiger partial charge >= 0.3 is 0 Å². The van der Waals surface area contributed by atoms with Gasteiger partial charge in [0, 0.05) is 43.3 Å². The number of nitrogens with one attached hydrogen (secondary N) is 1. The van der Waals surface area contributed by atoms with E-state index in [0.717, 1.165) is 11.3 Å². The van der Waals surface area contributed by atoms with E-state index in [1.807, 2.05) is 66.7 Å². The van der Waals surface area contributed by atoms with E-state index >= 15 is 0 Å². The van der Waals surface area contributed by atoms with Gasteiger partial charge in [0.1, 0.15) is 0 Å². The van der Waals surface area contributed by atoms with Crippen LogP contribution in [0.3, 0.4) is 0 Å². The van der Waals surface area contributed by atoms with Crippen LogP contribution >= 0.6 is 0 Å². The normalized spacial score (nSPS) is 18.2. The number of aromatic nitrogens is 2. The largest absolute Gasteiger partial charge is 0.361 e. The number of nitrogens with zero attached hydrogens (tertiary/aromatic N) is 3. The molecule has 3 aromatic rings. The molecule has 0 aliphatic carbocycles. The van der Waals surface area contributed by atoms with Gasteiger partial charge in [0.15, 0.2) is 5.60 Å². The van der Waals surface area contributed by atoms with E-state index in [2.05, 4.69) is 15.3 Å². The molecule has 4 rings (SSSR count). The first kappa shape index (κ1) is 21.6. The third-order valence-electron chi connectivity index (χ3n) is 5.50. The minimum atomic E-state index is -1.21. The van der Waals surface area contributed by atoms with Crippen molar-refractivity contribution in [2.24, 2.45) is 0 Å². The van der Waals surface area contributed by atoms with Crippen LogP contribution in [-0.4, -0.2) is 52.0 Å². The first-order valence-electron chi connectivity index (χ1n) is 10.7. The van der Waals surface area contributed by atoms with Crippen molar-refractivity contribution in [3.63, 3.8) is 0 Å². The second-order valence-electron chi connectivity index (χ2n) is 7.82. The van der Waals surface area contributed by atoms with Crippen LogP contribution < -0.4 is 5.32 Å². The van der Waals surface area contributed by atoms with Gasteiger partial charge in [-0.1, -0.05) is 42.5 Å². The van der Waals surface area contributed by atoms with E-state index in [0.29, 0.717) is 18.8 Å². The highest BCUT2D eigenvalue weighted by Gasteiger charge is 2.45. The fraction of sp³-hybridized carbons (Fsp3) is 0.280. The standard InChI is InChI=1S/C25H26N4O3/c30-23(16-21-10-4-6-12-26-21)29-14-15-32-25(19-29,17-22-11-5-7-13-27-22)24(31)28-18-20-8-2-1-3-9-20/h1-13H,14-19H2,(H,28,31). The number of benzene rings is 1. The second kappa shape index (κ2) is 10.2. The number of carbonyl (C=O) groups excluding carboxylic acids is 2. The van der Waals surface area contributed by atoms with Gasteiger partial charge in [-0.25, -0.2) is 0 Å². The fourth-order valence-corrected chi connectivity index (χ4v) is 3.83. The van der Waals surface area contributed by atoms with Crippen molar-refractivity contribution < 1.29 is 14.3 Å². The summed E-state index contributed by atoms with van der Waals surface area (Å²) in [6.45, 7) is 1.26. The topological polar surface area (TPSA) is 84.4 Å². The predicted octanol–water partition coefficient (Wildman–Crippen LogP) is 2.18. The lowest BCUT2D eigenvalue weighted by molar-refractivity contribution is -0.166. The van der Waals surface area contributed by atoms with Crippen LogP contribution in [0.1, 0.15) is 17.0 Å². The summed E-state index contributed by atoms with van der Waals surface area (Å²) in [5, 5.41) is 3.00. The summed E-state index contributed by atoms with van der Waals surface area (Å²) in [6.07, 6.45) is 3.83. The van der Waals surface area contributed by atoms with Gasteiger partial charge in [0.05, 0.1) is 19.6 Å². The monoisotopic (exact) mass is 430 g/mol. The van der Waals surface area contributed by atoms with Crippen LogP contribution in [0.4, 0.5) is 0 Å². The smallest absolute Gasteiger partial charge is 0.254 e. The van der Waals surface area contributed by atoms with Gasteiger partial charge in [-0.2, -0.15) is 0 Å². The molecule has 0 bridgehead atoms. The molecule has 7 heteroatoms. The summed E-state index contributed by atoms with van der Waals surface area (Å²) >= 11 is 0.